The second kappa shape index (κ2) is 6.01. The summed E-state index contributed by atoms with van der Waals surface area (Å²) in [7, 11) is -4.06. The van der Waals surface area contributed by atoms with E-state index in [1.807, 2.05) is 0 Å². The fraction of sp³-hybridized carbons (Fsp3) is 0.143. The second-order valence-corrected chi connectivity index (χ2v) is 6.50. The van der Waals surface area contributed by atoms with Gasteiger partial charge >= 0.3 is 0 Å². The zero-order chi connectivity index (χ0) is 15.6. The molecule has 2 aromatic carbocycles. The Balaban J connectivity index is 2.45. The van der Waals surface area contributed by atoms with Gasteiger partial charge in [-0.3, -0.25) is 4.72 Å². The molecule has 0 heterocycles. The summed E-state index contributed by atoms with van der Waals surface area (Å²) < 4.78 is 40.2. The van der Waals surface area contributed by atoms with Gasteiger partial charge in [-0.05, 0) is 31.2 Å². The summed E-state index contributed by atoms with van der Waals surface area (Å²) in [6, 6.07) is 9.49. The van der Waals surface area contributed by atoms with E-state index >= 15 is 0 Å². The monoisotopic (exact) mass is 329 g/mol. The Morgan fingerprint density at radius 2 is 1.90 bits per heavy atom. The minimum atomic E-state index is -4.06. The first-order valence-corrected chi connectivity index (χ1v) is 7.92. The van der Waals surface area contributed by atoms with Crippen LogP contribution in [-0.4, -0.2) is 13.5 Å². The number of rotatable bonds is 4. The van der Waals surface area contributed by atoms with Crippen LogP contribution < -0.4 is 4.72 Å². The first kappa shape index (κ1) is 15.8. The van der Waals surface area contributed by atoms with Crippen LogP contribution in [-0.2, 0) is 10.0 Å². The molecule has 0 fully saturated rings. The molecule has 2 rings (SSSR count). The van der Waals surface area contributed by atoms with Gasteiger partial charge in [0.15, 0.2) is 0 Å². The molecule has 2 N–H and O–H groups in total. The maximum absolute atomic E-state index is 13.2. The van der Waals surface area contributed by atoms with E-state index in [1.54, 1.807) is 18.2 Å². The lowest BCUT2D eigenvalue weighted by Gasteiger charge is -2.14. The molecular formula is C14H13ClFNO3S. The second-order valence-electron chi connectivity index (χ2n) is 4.44. The van der Waals surface area contributed by atoms with Crippen molar-refractivity contribution in [2.24, 2.45) is 0 Å². The van der Waals surface area contributed by atoms with E-state index in [0.717, 1.165) is 12.1 Å². The molecule has 1 unspecified atom stereocenters. The van der Waals surface area contributed by atoms with Gasteiger partial charge in [0.1, 0.15) is 10.7 Å². The molecule has 0 aliphatic rings. The Hall–Kier alpha value is -1.63. The van der Waals surface area contributed by atoms with Gasteiger partial charge in [0.2, 0.25) is 0 Å². The molecule has 0 aromatic heterocycles. The average Bonchev–Trinajstić information content (AvgIpc) is 2.41. The van der Waals surface area contributed by atoms with Crippen LogP contribution in [0.15, 0.2) is 47.4 Å². The maximum Gasteiger partial charge on any atom is 0.263 e. The van der Waals surface area contributed by atoms with Crippen LogP contribution in [0.25, 0.3) is 0 Å². The summed E-state index contributed by atoms with van der Waals surface area (Å²) in [6.45, 7) is 1.52. The fourth-order valence-electron chi connectivity index (χ4n) is 1.84. The highest BCUT2D eigenvalue weighted by Gasteiger charge is 2.20. The lowest BCUT2D eigenvalue weighted by molar-refractivity contribution is 0.200. The van der Waals surface area contributed by atoms with Gasteiger partial charge in [-0.25, -0.2) is 12.8 Å². The van der Waals surface area contributed by atoms with E-state index in [9.17, 15) is 17.9 Å². The summed E-state index contributed by atoms with van der Waals surface area (Å²) >= 11 is 5.81. The topological polar surface area (TPSA) is 66.4 Å². The first-order chi connectivity index (χ1) is 9.81. The number of hydrogen-bond donors (Lipinski definition) is 2. The number of aliphatic hydroxyl groups is 1. The van der Waals surface area contributed by atoms with Crippen LogP contribution in [0.1, 0.15) is 18.6 Å². The van der Waals surface area contributed by atoms with Crippen LogP contribution in [0.3, 0.4) is 0 Å². The molecule has 4 nitrogen and oxygen atoms in total. The normalized spacial score (nSPS) is 13.0. The maximum atomic E-state index is 13.2. The molecule has 0 bridgehead atoms. The zero-order valence-electron chi connectivity index (χ0n) is 11.0. The van der Waals surface area contributed by atoms with Gasteiger partial charge < -0.3 is 5.11 Å². The summed E-state index contributed by atoms with van der Waals surface area (Å²) in [5, 5.41) is 9.56. The van der Waals surface area contributed by atoms with E-state index < -0.39 is 21.9 Å². The lowest BCUT2D eigenvalue weighted by atomic mass is 10.1. The fourth-order valence-corrected chi connectivity index (χ4v) is 3.44. The summed E-state index contributed by atoms with van der Waals surface area (Å²) in [5.41, 5.74) is 0.626. The number of nitrogens with one attached hydrogen (secondary N) is 1. The van der Waals surface area contributed by atoms with Crippen LogP contribution in [0, 0.1) is 5.82 Å². The number of aliphatic hydroxyl groups excluding tert-OH is 1. The van der Waals surface area contributed by atoms with Crippen molar-refractivity contribution < 1.29 is 17.9 Å². The van der Waals surface area contributed by atoms with Crippen molar-refractivity contribution in [2.45, 2.75) is 17.9 Å². The summed E-state index contributed by atoms with van der Waals surface area (Å²) in [6.07, 6.45) is -0.855. The predicted molar refractivity (Wildman–Crippen MR) is 79.3 cm³/mol. The Morgan fingerprint density at radius 3 is 2.57 bits per heavy atom. The summed E-state index contributed by atoms with van der Waals surface area (Å²) in [5.74, 6) is -0.705. The van der Waals surface area contributed by atoms with Crippen molar-refractivity contribution in [3.05, 3.63) is 58.9 Å². The van der Waals surface area contributed by atoms with Crippen molar-refractivity contribution in [1.82, 2.24) is 0 Å². The highest BCUT2D eigenvalue weighted by Crippen LogP contribution is 2.28. The number of hydrogen-bond acceptors (Lipinski definition) is 3. The Morgan fingerprint density at radius 1 is 1.24 bits per heavy atom. The van der Waals surface area contributed by atoms with Gasteiger partial charge in [-0.1, -0.05) is 29.8 Å². The SMILES string of the molecule is CC(O)c1ccccc1NS(=O)(=O)c1cc(F)ccc1Cl. The minimum Gasteiger partial charge on any atom is -0.389 e. The standard InChI is InChI=1S/C14H13ClFNO3S/c1-9(18)11-4-2-3-5-13(11)17-21(19,20)14-8-10(16)6-7-12(14)15/h2-9,17-18H,1H3. The lowest BCUT2D eigenvalue weighted by Crippen LogP contribution is -2.15. The van der Waals surface area contributed by atoms with Gasteiger partial charge in [-0.2, -0.15) is 0 Å². The van der Waals surface area contributed by atoms with Gasteiger partial charge in [0.05, 0.1) is 16.8 Å². The van der Waals surface area contributed by atoms with Crippen molar-refractivity contribution in [3.8, 4) is 0 Å². The number of benzene rings is 2. The smallest absolute Gasteiger partial charge is 0.263 e. The molecule has 0 radical (unpaired) electrons. The van der Waals surface area contributed by atoms with Crippen LogP contribution in [0.4, 0.5) is 10.1 Å². The molecule has 0 aliphatic carbocycles. The summed E-state index contributed by atoms with van der Waals surface area (Å²) in [4.78, 5) is -0.357. The zero-order valence-corrected chi connectivity index (χ0v) is 12.6. The molecule has 1 atom stereocenters. The molecule has 21 heavy (non-hydrogen) atoms. The largest absolute Gasteiger partial charge is 0.389 e. The molecule has 0 amide bonds. The number of para-hydroxylation sites is 1. The molecule has 0 aliphatic heterocycles. The predicted octanol–water partition coefficient (Wildman–Crippen LogP) is 3.33. The third kappa shape index (κ3) is 3.53. The number of halogens is 2. The van der Waals surface area contributed by atoms with Gasteiger partial charge in [0, 0.05) is 5.56 Å². The highest BCUT2D eigenvalue weighted by atomic mass is 35.5. The molecule has 0 saturated heterocycles. The Labute approximate surface area is 127 Å². The molecule has 0 saturated carbocycles. The van der Waals surface area contributed by atoms with Crippen molar-refractivity contribution in [1.29, 1.82) is 0 Å². The number of sulfonamides is 1. The Bertz CT molecular complexity index is 763. The first-order valence-electron chi connectivity index (χ1n) is 6.06. The van der Waals surface area contributed by atoms with E-state index in [1.165, 1.54) is 19.1 Å². The van der Waals surface area contributed by atoms with E-state index in [4.69, 9.17) is 11.6 Å². The minimum absolute atomic E-state index is 0.0848. The van der Waals surface area contributed by atoms with E-state index in [-0.39, 0.29) is 15.6 Å². The van der Waals surface area contributed by atoms with Gasteiger partial charge in [-0.15, -0.1) is 0 Å². The van der Waals surface area contributed by atoms with E-state index in [0.29, 0.717) is 5.56 Å². The van der Waals surface area contributed by atoms with Crippen molar-refractivity contribution >= 4 is 27.3 Å². The van der Waals surface area contributed by atoms with Crippen LogP contribution in [0.5, 0.6) is 0 Å². The van der Waals surface area contributed by atoms with Crippen molar-refractivity contribution in [2.75, 3.05) is 4.72 Å². The Kier molecular flexibility index (Phi) is 4.51. The molecule has 2 aromatic rings. The van der Waals surface area contributed by atoms with Crippen LogP contribution >= 0.6 is 11.6 Å². The molecular weight excluding hydrogens is 317 g/mol. The van der Waals surface area contributed by atoms with E-state index in [2.05, 4.69) is 4.72 Å². The average molecular weight is 330 g/mol. The third-order valence-electron chi connectivity index (χ3n) is 2.84. The third-order valence-corrected chi connectivity index (χ3v) is 4.69. The molecule has 0 spiro atoms. The van der Waals surface area contributed by atoms with Crippen molar-refractivity contribution in [3.63, 3.8) is 0 Å². The van der Waals surface area contributed by atoms with Gasteiger partial charge in [0.25, 0.3) is 10.0 Å². The highest BCUT2D eigenvalue weighted by molar-refractivity contribution is 7.92. The quantitative estimate of drug-likeness (QED) is 0.904. The molecule has 112 valence electrons. The van der Waals surface area contributed by atoms with Crippen LogP contribution in [0.2, 0.25) is 5.02 Å². The number of anilines is 1. The molecule has 7 heteroatoms.